The van der Waals surface area contributed by atoms with Gasteiger partial charge in [0.15, 0.2) is 0 Å². The normalized spacial score (nSPS) is 11.0. The summed E-state index contributed by atoms with van der Waals surface area (Å²) in [6.07, 6.45) is 6.64. The van der Waals surface area contributed by atoms with Crippen LogP contribution in [0.25, 0.3) is 11.3 Å². The number of aromatic nitrogens is 3. The molecule has 0 fully saturated rings. The predicted octanol–water partition coefficient (Wildman–Crippen LogP) is 4.73. The minimum atomic E-state index is 0.813. The Morgan fingerprint density at radius 1 is 0.867 bits per heavy atom. The summed E-state index contributed by atoms with van der Waals surface area (Å²) in [4.78, 5) is 6.60. The maximum absolute atomic E-state index is 5.28. The van der Waals surface area contributed by atoms with Crippen LogP contribution in [0.2, 0.25) is 0 Å². The van der Waals surface area contributed by atoms with E-state index in [0.717, 1.165) is 43.1 Å². The standard InChI is InChI=1S/C25H26N4O/c1-30-24-9-7-22(8-10-24)25-23(17-27-28-25)19-29(18-21-11-14-26-15-12-21)16-13-20-5-3-2-4-6-20/h2-12,14-15,17H,13,16,18-19H2,1H3,(H,27,28). The van der Waals surface area contributed by atoms with Crippen molar-refractivity contribution in [3.05, 3.63) is 102 Å². The number of rotatable bonds is 9. The van der Waals surface area contributed by atoms with E-state index in [1.807, 2.05) is 30.7 Å². The van der Waals surface area contributed by atoms with Gasteiger partial charge >= 0.3 is 0 Å². The van der Waals surface area contributed by atoms with E-state index in [4.69, 9.17) is 4.74 Å². The van der Waals surface area contributed by atoms with Crippen LogP contribution in [-0.2, 0) is 19.5 Å². The number of hydrogen-bond acceptors (Lipinski definition) is 4. The Bertz CT molecular complexity index is 1030. The van der Waals surface area contributed by atoms with Crippen molar-refractivity contribution < 1.29 is 4.74 Å². The lowest BCUT2D eigenvalue weighted by Crippen LogP contribution is -2.25. The lowest BCUT2D eigenvalue weighted by atomic mass is 10.1. The molecule has 0 saturated heterocycles. The van der Waals surface area contributed by atoms with Crippen molar-refractivity contribution in [2.75, 3.05) is 13.7 Å². The maximum atomic E-state index is 5.28. The topological polar surface area (TPSA) is 54.0 Å². The van der Waals surface area contributed by atoms with Crippen LogP contribution >= 0.6 is 0 Å². The first-order valence-corrected chi connectivity index (χ1v) is 10.1. The highest BCUT2D eigenvalue weighted by Crippen LogP contribution is 2.25. The van der Waals surface area contributed by atoms with Gasteiger partial charge in [-0.2, -0.15) is 5.10 Å². The maximum Gasteiger partial charge on any atom is 0.118 e. The molecule has 0 unspecified atom stereocenters. The molecule has 2 heterocycles. The summed E-state index contributed by atoms with van der Waals surface area (Å²) in [7, 11) is 1.68. The van der Waals surface area contributed by atoms with Crippen LogP contribution < -0.4 is 4.74 Å². The number of hydrogen-bond donors (Lipinski definition) is 1. The molecule has 0 aliphatic rings. The van der Waals surface area contributed by atoms with Crippen LogP contribution in [0, 0.1) is 0 Å². The molecule has 2 aromatic heterocycles. The zero-order valence-electron chi connectivity index (χ0n) is 17.2. The summed E-state index contributed by atoms with van der Waals surface area (Å²) in [6.45, 7) is 2.63. The Kier molecular flexibility index (Phi) is 6.52. The van der Waals surface area contributed by atoms with Crippen LogP contribution in [0.4, 0.5) is 0 Å². The zero-order chi connectivity index (χ0) is 20.6. The van der Waals surface area contributed by atoms with Crippen molar-refractivity contribution in [2.45, 2.75) is 19.5 Å². The third-order valence-electron chi connectivity index (χ3n) is 5.21. The Morgan fingerprint density at radius 3 is 2.37 bits per heavy atom. The number of benzene rings is 2. The third kappa shape index (κ3) is 5.13. The minimum absolute atomic E-state index is 0.813. The molecule has 2 aromatic carbocycles. The number of methoxy groups -OCH3 is 1. The highest BCUT2D eigenvalue weighted by Gasteiger charge is 2.14. The van der Waals surface area contributed by atoms with E-state index in [0.29, 0.717) is 0 Å². The summed E-state index contributed by atoms with van der Waals surface area (Å²) < 4.78 is 5.28. The predicted molar refractivity (Wildman–Crippen MR) is 119 cm³/mol. The van der Waals surface area contributed by atoms with Crippen molar-refractivity contribution in [3.8, 4) is 17.0 Å². The fourth-order valence-electron chi connectivity index (χ4n) is 3.57. The van der Waals surface area contributed by atoms with E-state index in [1.165, 1.54) is 16.7 Å². The van der Waals surface area contributed by atoms with Gasteiger partial charge in [-0.3, -0.25) is 15.0 Å². The van der Waals surface area contributed by atoms with Gasteiger partial charge in [-0.05, 0) is 53.9 Å². The molecule has 30 heavy (non-hydrogen) atoms. The van der Waals surface area contributed by atoms with E-state index >= 15 is 0 Å². The van der Waals surface area contributed by atoms with Crippen LogP contribution in [-0.4, -0.2) is 33.7 Å². The average Bonchev–Trinajstić information content (AvgIpc) is 3.27. The average molecular weight is 399 g/mol. The molecule has 0 saturated carbocycles. The number of ether oxygens (including phenoxy) is 1. The summed E-state index contributed by atoms with van der Waals surface area (Å²) in [6, 6.07) is 22.9. The molecule has 5 heteroatoms. The van der Waals surface area contributed by atoms with Crippen LogP contribution in [0.5, 0.6) is 5.75 Å². The van der Waals surface area contributed by atoms with Crippen molar-refractivity contribution in [2.24, 2.45) is 0 Å². The molecule has 0 radical (unpaired) electrons. The highest BCUT2D eigenvalue weighted by atomic mass is 16.5. The smallest absolute Gasteiger partial charge is 0.118 e. The van der Waals surface area contributed by atoms with E-state index in [-0.39, 0.29) is 0 Å². The Balaban J connectivity index is 1.53. The van der Waals surface area contributed by atoms with Crippen molar-refractivity contribution in [3.63, 3.8) is 0 Å². The molecule has 0 atom stereocenters. The van der Waals surface area contributed by atoms with Gasteiger partial charge in [-0.25, -0.2) is 0 Å². The first-order chi connectivity index (χ1) is 14.8. The van der Waals surface area contributed by atoms with Crippen molar-refractivity contribution in [1.29, 1.82) is 0 Å². The number of aromatic amines is 1. The second-order valence-electron chi connectivity index (χ2n) is 7.30. The van der Waals surface area contributed by atoms with Gasteiger partial charge in [-0.1, -0.05) is 30.3 Å². The molecule has 4 rings (SSSR count). The number of nitrogens with one attached hydrogen (secondary N) is 1. The molecule has 0 amide bonds. The highest BCUT2D eigenvalue weighted by molar-refractivity contribution is 5.63. The van der Waals surface area contributed by atoms with E-state index in [2.05, 4.69) is 74.7 Å². The lowest BCUT2D eigenvalue weighted by Gasteiger charge is -2.22. The minimum Gasteiger partial charge on any atom is -0.497 e. The molecule has 0 bridgehead atoms. The van der Waals surface area contributed by atoms with Crippen LogP contribution in [0.3, 0.4) is 0 Å². The molecule has 152 valence electrons. The molecular formula is C25H26N4O. The Morgan fingerprint density at radius 2 is 1.63 bits per heavy atom. The van der Waals surface area contributed by atoms with E-state index < -0.39 is 0 Å². The van der Waals surface area contributed by atoms with Crippen molar-refractivity contribution in [1.82, 2.24) is 20.1 Å². The van der Waals surface area contributed by atoms with Crippen molar-refractivity contribution >= 4 is 0 Å². The fraction of sp³-hybridized carbons (Fsp3) is 0.200. The fourth-order valence-corrected chi connectivity index (χ4v) is 3.57. The van der Waals surface area contributed by atoms with E-state index in [1.54, 1.807) is 7.11 Å². The zero-order valence-corrected chi connectivity index (χ0v) is 17.2. The second-order valence-corrected chi connectivity index (χ2v) is 7.30. The first kappa shape index (κ1) is 19.9. The lowest BCUT2D eigenvalue weighted by molar-refractivity contribution is 0.260. The van der Waals surface area contributed by atoms with Gasteiger partial charge in [0.25, 0.3) is 0 Å². The monoisotopic (exact) mass is 398 g/mol. The molecule has 0 aliphatic heterocycles. The van der Waals surface area contributed by atoms with Gasteiger partial charge in [0, 0.05) is 43.2 Å². The summed E-state index contributed by atoms with van der Waals surface area (Å²) >= 11 is 0. The SMILES string of the molecule is COc1ccc(-c2[nH]ncc2CN(CCc2ccccc2)Cc2ccncc2)cc1. The number of pyridine rings is 1. The van der Waals surface area contributed by atoms with Crippen LogP contribution in [0.15, 0.2) is 85.3 Å². The van der Waals surface area contributed by atoms with Gasteiger partial charge in [0.1, 0.15) is 5.75 Å². The Hall–Kier alpha value is -3.44. The summed E-state index contributed by atoms with van der Waals surface area (Å²) in [5.74, 6) is 0.849. The molecule has 0 spiro atoms. The molecule has 1 N–H and O–H groups in total. The largest absolute Gasteiger partial charge is 0.497 e. The molecular weight excluding hydrogens is 372 g/mol. The molecule has 4 aromatic rings. The quantitative estimate of drug-likeness (QED) is 0.443. The molecule has 0 aliphatic carbocycles. The van der Waals surface area contributed by atoms with Crippen LogP contribution in [0.1, 0.15) is 16.7 Å². The third-order valence-corrected chi connectivity index (χ3v) is 5.21. The molecule has 5 nitrogen and oxygen atoms in total. The van der Waals surface area contributed by atoms with Gasteiger partial charge < -0.3 is 4.74 Å². The Labute approximate surface area is 177 Å². The first-order valence-electron chi connectivity index (χ1n) is 10.1. The second kappa shape index (κ2) is 9.85. The van der Waals surface area contributed by atoms with Gasteiger partial charge in [-0.15, -0.1) is 0 Å². The summed E-state index contributed by atoms with van der Waals surface area (Å²) in [5, 5.41) is 7.50. The number of nitrogens with zero attached hydrogens (tertiary/aromatic N) is 3. The van der Waals surface area contributed by atoms with E-state index in [9.17, 15) is 0 Å². The summed E-state index contributed by atoms with van der Waals surface area (Å²) in [5.41, 5.74) is 5.95. The van der Waals surface area contributed by atoms with Gasteiger partial charge in [0.2, 0.25) is 0 Å². The van der Waals surface area contributed by atoms with Gasteiger partial charge in [0.05, 0.1) is 19.0 Å². The number of H-pyrrole nitrogens is 1.